The second kappa shape index (κ2) is 8.17. The van der Waals surface area contributed by atoms with Crippen LogP contribution in [-0.2, 0) is 17.5 Å². The number of benzene rings is 1. The minimum atomic E-state index is -4.40. The van der Waals surface area contributed by atoms with E-state index in [1.54, 1.807) is 24.4 Å². The maximum Gasteiger partial charge on any atom is 0.416 e. The number of aromatic nitrogens is 2. The molecule has 1 aromatic carbocycles. The third-order valence-electron chi connectivity index (χ3n) is 3.88. The van der Waals surface area contributed by atoms with Crippen molar-refractivity contribution in [1.29, 1.82) is 0 Å². The number of halogens is 3. The maximum absolute atomic E-state index is 12.5. The Morgan fingerprint density at radius 2 is 1.86 bits per heavy atom. The summed E-state index contributed by atoms with van der Waals surface area (Å²) in [5.74, 6) is 0.439. The van der Waals surface area contributed by atoms with Gasteiger partial charge in [0.1, 0.15) is 5.76 Å². The molecule has 6 nitrogen and oxygen atoms in total. The van der Waals surface area contributed by atoms with E-state index in [2.05, 4.69) is 10.4 Å². The molecular formula is C20H16F3N3O3. The maximum atomic E-state index is 12.5. The molecule has 3 rings (SSSR count). The van der Waals surface area contributed by atoms with Gasteiger partial charge in [0, 0.05) is 25.3 Å². The summed E-state index contributed by atoms with van der Waals surface area (Å²) in [4.78, 5) is 23.2. The zero-order valence-corrected chi connectivity index (χ0v) is 15.2. The predicted octanol–water partition coefficient (Wildman–Crippen LogP) is 4.40. The molecule has 0 fully saturated rings. The molecule has 0 unspecified atom stereocenters. The fraction of sp³-hybridized carbons (Fsp3) is 0.150. The molecule has 0 aliphatic heterocycles. The van der Waals surface area contributed by atoms with Crippen LogP contribution < -0.4 is 5.32 Å². The molecule has 2 heterocycles. The molecule has 0 saturated carbocycles. The smallest absolute Gasteiger partial charge is 0.416 e. The molecule has 2 aromatic heterocycles. The Balaban J connectivity index is 1.57. The van der Waals surface area contributed by atoms with Gasteiger partial charge >= 0.3 is 6.18 Å². The van der Waals surface area contributed by atoms with Crippen LogP contribution >= 0.6 is 0 Å². The summed E-state index contributed by atoms with van der Waals surface area (Å²) in [6, 6.07) is 9.29. The Morgan fingerprint density at radius 3 is 2.48 bits per heavy atom. The number of hydrogen-bond donors (Lipinski definition) is 1. The number of ketones is 1. The zero-order valence-electron chi connectivity index (χ0n) is 15.2. The molecule has 3 aromatic rings. The van der Waals surface area contributed by atoms with Gasteiger partial charge in [0.25, 0.3) is 0 Å². The van der Waals surface area contributed by atoms with E-state index in [1.807, 2.05) is 0 Å². The summed E-state index contributed by atoms with van der Waals surface area (Å²) in [6.45, 7) is 1.69. The molecule has 0 bridgehead atoms. The van der Waals surface area contributed by atoms with Crippen LogP contribution in [0.4, 0.5) is 19.0 Å². The fourth-order valence-corrected chi connectivity index (χ4v) is 2.45. The second-order valence-corrected chi connectivity index (χ2v) is 6.16. The van der Waals surface area contributed by atoms with Crippen LogP contribution in [0.3, 0.4) is 0 Å². The van der Waals surface area contributed by atoms with Crippen molar-refractivity contribution in [2.75, 3.05) is 5.32 Å². The number of hydrogen-bond acceptors (Lipinski definition) is 4. The number of carbonyl (C=O) groups excluding carboxylic acids is 2. The van der Waals surface area contributed by atoms with E-state index in [1.165, 1.54) is 35.9 Å². The van der Waals surface area contributed by atoms with E-state index in [0.29, 0.717) is 17.1 Å². The Hall–Kier alpha value is -3.62. The lowest BCUT2D eigenvalue weighted by atomic mass is 10.1. The van der Waals surface area contributed by atoms with Crippen LogP contribution in [0.5, 0.6) is 0 Å². The Bertz CT molecular complexity index is 1050. The molecule has 150 valence electrons. The lowest BCUT2D eigenvalue weighted by Crippen LogP contribution is -2.09. The Labute approximate surface area is 163 Å². The molecule has 1 amide bonds. The van der Waals surface area contributed by atoms with Gasteiger partial charge in [0.15, 0.2) is 17.4 Å². The molecule has 0 atom stereocenters. The van der Waals surface area contributed by atoms with Crippen LogP contribution in [0, 0.1) is 0 Å². The first-order valence-electron chi connectivity index (χ1n) is 8.50. The van der Waals surface area contributed by atoms with Crippen LogP contribution in [0.1, 0.15) is 34.4 Å². The van der Waals surface area contributed by atoms with E-state index < -0.39 is 17.6 Å². The van der Waals surface area contributed by atoms with Crippen molar-refractivity contribution >= 4 is 23.6 Å². The van der Waals surface area contributed by atoms with E-state index >= 15 is 0 Å². The SMILES string of the molecule is CC(=O)c1ccc(Cn2ccc(NC(=O)/C=C\c3ccc(C(F)(F)F)cc3)n2)o1. The summed E-state index contributed by atoms with van der Waals surface area (Å²) >= 11 is 0. The molecule has 29 heavy (non-hydrogen) atoms. The first-order valence-corrected chi connectivity index (χ1v) is 8.50. The molecule has 9 heteroatoms. The van der Waals surface area contributed by atoms with Gasteiger partial charge in [-0.15, -0.1) is 0 Å². The quantitative estimate of drug-likeness (QED) is 0.489. The van der Waals surface area contributed by atoms with Crippen LogP contribution in [0.15, 0.2) is 59.2 Å². The van der Waals surface area contributed by atoms with Crippen molar-refractivity contribution in [1.82, 2.24) is 9.78 Å². The number of furan rings is 1. The van der Waals surface area contributed by atoms with Crippen molar-refractivity contribution in [3.8, 4) is 0 Å². The van der Waals surface area contributed by atoms with Crippen LogP contribution in [-0.4, -0.2) is 21.5 Å². The van der Waals surface area contributed by atoms with Crippen molar-refractivity contribution < 1.29 is 27.2 Å². The summed E-state index contributed by atoms with van der Waals surface area (Å²) in [5.41, 5.74) is -0.297. The van der Waals surface area contributed by atoms with Crippen LogP contribution in [0.2, 0.25) is 0 Å². The van der Waals surface area contributed by atoms with Gasteiger partial charge in [-0.3, -0.25) is 14.3 Å². The number of nitrogens with one attached hydrogen (secondary N) is 1. The molecule has 0 aliphatic carbocycles. The molecule has 1 N–H and O–H groups in total. The fourth-order valence-electron chi connectivity index (χ4n) is 2.45. The lowest BCUT2D eigenvalue weighted by Gasteiger charge is -2.05. The zero-order chi connectivity index (χ0) is 21.0. The average Bonchev–Trinajstić information content (AvgIpc) is 3.30. The standard InChI is InChI=1S/C20H16F3N3O3/c1-13(27)17-8-7-16(29-17)12-26-11-10-18(25-26)24-19(28)9-4-14-2-5-15(6-3-14)20(21,22)23/h2-11H,12H2,1H3,(H,24,25,28)/b9-4-. The first kappa shape index (κ1) is 20.1. The first-order chi connectivity index (χ1) is 13.7. The highest BCUT2D eigenvalue weighted by molar-refractivity contribution is 6.01. The van der Waals surface area contributed by atoms with Crippen molar-refractivity contribution in [3.63, 3.8) is 0 Å². The molecule has 0 spiro atoms. The number of Topliss-reactive ketones (excluding diaryl/α,β-unsaturated/α-hetero) is 1. The number of amides is 1. The average molecular weight is 403 g/mol. The Morgan fingerprint density at radius 1 is 1.14 bits per heavy atom. The van der Waals surface area contributed by atoms with E-state index in [4.69, 9.17) is 4.42 Å². The van der Waals surface area contributed by atoms with Gasteiger partial charge in [-0.05, 0) is 35.9 Å². The summed E-state index contributed by atoms with van der Waals surface area (Å²) in [7, 11) is 0. The van der Waals surface area contributed by atoms with E-state index in [-0.39, 0.29) is 18.1 Å². The lowest BCUT2D eigenvalue weighted by molar-refractivity contribution is -0.137. The highest BCUT2D eigenvalue weighted by atomic mass is 19.4. The van der Waals surface area contributed by atoms with Crippen molar-refractivity contribution in [3.05, 3.63) is 77.4 Å². The van der Waals surface area contributed by atoms with Gasteiger partial charge in [-0.25, -0.2) is 0 Å². The van der Waals surface area contributed by atoms with Gasteiger partial charge in [0.2, 0.25) is 5.91 Å². The molecular weight excluding hydrogens is 387 g/mol. The number of nitrogens with zero attached hydrogens (tertiary/aromatic N) is 2. The van der Waals surface area contributed by atoms with Gasteiger partial charge in [-0.2, -0.15) is 18.3 Å². The van der Waals surface area contributed by atoms with Crippen molar-refractivity contribution in [2.45, 2.75) is 19.6 Å². The summed E-state index contributed by atoms with van der Waals surface area (Å²) < 4.78 is 44.5. The summed E-state index contributed by atoms with van der Waals surface area (Å²) in [5, 5.41) is 6.73. The minimum Gasteiger partial charge on any atom is -0.456 e. The highest BCUT2D eigenvalue weighted by Gasteiger charge is 2.29. The third-order valence-corrected chi connectivity index (χ3v) is 3.88. The monoisotopic (exact) mass is 403 g/mol. The molecule has 0 saturated heterocycles. The van der Waals surface area contributed by atoms with Gasteiger partial charge in [0.05, 0.1) is 12.1 Å². The normalized spacial score (nSPS) is 11.7. The molecule has 0 radical (unpaired) electrons. The highest BCUT2D eigenvalue weighted by Crippen LogP contribution is 2.29. The number of anilines is 1. The van der Waals surface area contributed by atoms with Gasteiger partial charge < -0.3 is 9.73 Å². The third kappa shape index (κ3) is 5.44. The second-order valence-electron chi connectivity index (χ2n) is 6.16. The minimum absolute atomic E-state index is 0.176. The van der Waals surface area contributed by atoms with E-state index in [9.17, 15) is 22.8 Å². The Kier molecular flexibility index (Phi) is 5.67. The number of rotatable bonds is 6. The largest absolute Gasteiger partial charge is 0.456 e. The number of alkyl halides is 3. The number of carbonyl (C=O) groups is 2. The van der Waals surface area contributed by atoms with E-state index in [0.717, 1.165) is 12.1 Å². The topological polar surface area (TPSA) is 77.1 Å². The van der Waals surface area contributed by atoms with Crippen molar-refractivity contribution in [2.24, 2.45) is 0 Å². The molecule has 0 aliphatic rings. The van der Waals surface area contributed by atoms with Gasteiger partial charge in [-0.1, -0.05) is 12.1 Å². The van der Waals surface area contributed by atoms with Crippen LogP contribution in [0.25, 0.3) is 6.08 Å². The summed E-state index contributed by atoms with van der Waals surface area (Å²) in [6.07, 6.45) is -0.168. The predicted molar refractivity (Wildman–Crippen MR) is 99.1 cm³/mol.